The molecule has 0 radical (unpaired) electrons. The molecule has 0 N–H and O–H groups in total. The van der Waals surface area contributed by atoms with Gasteiger partial charge in [0.05, 0.1) is 16.7 Å². The average Bonchev–Trinajstić information content (AvgIpc) is 2.79. The number of para-hydroxylation sites is 1. The Morgan fingerprint density at radius 1 is 1.19 bits per heavy atom. The van der Waals surface area contributed by atoms with Crippen LogP contribution in [0.1, 0.15) is 44.6 Å². The lowest BCUT2D eigenvalue weighted by atomic mass is 9.94. The van der Waals surface area contributed by atoms with Crippen LogP contribution in [-0.2, 0) is 4.79 Å². The molecule has 3 aromatic rings. The summed E-state index contributed by atoms with van der Waals surface area (Å²) < 4.78 is 1.53. The van der Waals surface area contributed by atoms with E-state index in [9.17, 15) is 9.59 Å². The van der Waals surface area contributed by atoms with Gasteiger partial charge in [0, 0.05) is 18.8 Å². The van der Waals surface area contributed by atoms with Crippen LogP contribution in [0.3, 0.4) is 0 Å². The van der Waals surface area contributed by atoms with E-state index in [-0.39, 0.29) is 17.2 Å². The lowest BCUT2D eigenvalue weighted by molar-refractivity contribution is -0.131. The number of carbonyl (C=O) groups excluding carboxylic acids is 1. The minimum atomic E-state index is -0.168. The molecular formula is C24H28N4O2S. The number of thioether (sulfide) groups is 1. The molecule has 0 saturated heterocycles. The fraction of sp³-hybridized carbons (Fsp3) is 0.417. The molecule has 1 fully saturated rings. The number of hydrogen-bond acceptors (Lipinski definition) is 5. The summed E-state index contributed by atoms with van der Waals surface area (Å²) in [7, 11) is 0. The number of benzene rings is 1. The summed E-state index contributed by atoms with van der Waals surface area (Å²) in [6, 6.07) is 11.4. The van der Waals surface area contributed by atoms with Crippen LogP contribution in [0.2, 0.25) is 0 Å². The van der Waals surface area contributed by atoms with Crippen molar-refractivity contribution < 1.29 is 4.79 Å². The van der Waals surface area contributed by atoms with E-state index in [4.69, 9.17) is 4.98 Å². The number of hydrogen-bond donors (Lipinski definition) is 0. The number of aromatic nitrogens is 3. The van der Waals surface area contributed by atoms with Gasteiger partial charge in [-0.1, -0.05) is 43.2 Å². The van der Waals surface area contributed by atoms with Gasteiger partial charge >= 0.3 is 0 Å². The van der Waals surface area contributed by atoms with Crippen molar-refractivity contribution in [1.29, 1.82) is 0 Å². The highest BCUT2D eigenvalue weighted by molar-refractivity contribution is 7.99. The molecule has 31 heavy (non-hydrogen) atoms. The zero-order valence-corrected chi connectivity index (χ0v) is 18.9. The van der Waals surface area contributed by atoms with Gasteiger partial charge in [0.25, 0.3) is 5.56 Å². The van der Waals surface area contributed by atoms with E-state index < -0.39 is 0 Å². The van der Waals surface area contributed by atoms with Crippen molar-refractivity contribution >= 4 is 28.6 Å². The Hall–Kier alpha value is -2.67. The minimum Gasteiger partial charge on any atom is -0.339 e. The maximum absolute atomic E-state index is 13.3. The third kappa shape index (κ3) is 4.66. The largest absolute Gasteiger partial charge is 0.339 e. The molecule has 4 rings (SSSR count). The Morgan fingerprint density at radius 2 is 1.97 bits per heavy atom. The maximum atomic E-state index is 13.3. The van der Waals surface area contributed by atoms with Gasteiger partial charge in [-0.2, -0.15) is 0 Å². The molecule has 0 spiro atoms. The van der Waals surface area contributed by atoms with Gasteiger partial charge in [-0.05, 0) is 56.5 Å². The molecule has 1 aliphatic rings. The van der Waals surface area contributed by atoms with Crippen molar-refractivity contribution in [2.45, 2.75) is 57.1 Å². The summed E-state index contributed by atoms with van der Waals surface area (Å²) in [4.78, 5) is 37.5. The van der Waals surface area contributed by atoms with Gasteiger partial charge in [0.1, 0.15) is 5.82 Å². The number of aryl methyl sites for hydroxylation is 1. The van der Waals surface area contributed by atoms with Gasteiger partial charge in [-0.3, -0.25) is 9.59 Å². The first-order chi connectivity index (χ1) is 15.1. The predicted molar refractivity (Wildman–Crippen MR) is 125 cm³/mol. The first kappa shape index (κ1) is 21.6. The smallest absolute Gasteiger partial charge is 0.267 e. The Bertz CT molecular complexity index is 1140. The van der Waals surface area contributed by atoms with Crippen LogP contribution in [0.4, 0.5) is 0 Å². The second-order valence-corrected chi connectivity index (χ2v) is 8.95. The molecule has 1 saturated carbocycles. The predicted octanol–water partition coefficient (Wildman–Crippen LogP) is 4.36. The monoisotopic (exact) mass is 436 g/mol. The Kier molecular flexibility index (Phi) is 6.70. The van der Waals surface area contributed by atoms with E-state index in [0.29, 0.717) is 34.5 Å². The van der Waals surface area contributed by atoms with Crippen LogP contribution < -0.4 is 5.56 Å². The van der Waals surface area contributed by atoms with Crippen LogP contribution >= 0.6 is 11.8 Å². The molecule has 162 valence electrons. The van der Waals surface area contributed by atoms with Crippen LogP contribution in [-0.4, -0.2) is 43.7 Å². The number of nitrogens with zero attached hydrogens (tertiary/aromatic N) is 4. The van der Waals surface area contributed by atoms with Crippen molar-refractivity contribution in [3.63, 3.8) is 0 Å². The molecule has 2 heterocycles. The van der Waals surface area contributed by atoms with E-state index in [1.807, 2.05) is 49.1 Å². The van der Waals surface area contributed by atoms with Crippen LogP contribution in [0, 0.1) is 6.92 Å². The van der Waals surface area contributed by atoms with Gasteiger partial charge in [0.15, 0.2) is 5.16 Å². The summed E-state index contributed by atoms with van der Waals surface area (Å²) in [5.74, 6) is 0.879. The molecule has 1 aliphatic carbocycles. The van der Waals surface area contributed by atoms with E-state index >= 15 is 0 Å². The Labute approximate surface area is 186 Å². The van der Waals surface area contributed by atoms with Gasteiger partial charge in [0.2, 0.25) is 5.91 Å². The highest BCUT2D eigenvalue weighted by Crippen LogP contribution is 2.25. The summed E-state index contributed by atoms with van der Waals surface area (Å²) in [5.41, 5.74) is 1.47. The lowest BCUT2D eigenvalue weighted by Crippen LogP contribution is -2.42. The topological polar surface area (TPSA) is 68.1 Å². The van der Waals surface area contributed by atoms with Crippen LogP contribution in [0.25, 0.3) is 16.7 Å². The maximum Gasteiger partial charge on any atom is 0.267 e. The zero-order chi connectivity index (χ0) is 21.8. The zero-order valence-electron chi connectivity index (χ0n) is 18.1. The molecular weight excluding hydrogens is 408 g/mol. The summed E-state index contributed by atoms with van der Waals surface area (Å²) >= 11 is 1.31. The number of fused-ring (bicyclic) bond motifs is 1. The highest BCUT2D eigenvalue weighted by atomic mass is 32.2. The SMILES string of the molecule is CCN(C(=O)CSc1nc2ccccc2c(=O)n1-c1cc(C)ccn1)C1CCCCC1. The van der Waals surface area contributed by atoms with Crippen molar-refractivity contribution in [2.75, 3.05) is 12.3 Å². The first-order valence-electron chi connectivity index (χ1n) is 11.0. The van der Waals surface area contributed by atoms with E-state index in [1.165, 1.54) is 35.6 Å². The molecule has 0 bridgehead atoms. The third-order valence-corrected chi connectivity index (χ3v) is 6.80. The van der Waals surface area contributed by atoms with E-state index in [1.54, 1.807) is 12.3 Å². The summed E-state index contributed by atoms with van der Waals surface area (Å²) in [6.45, 7) is 4.71. The van der Waals surface area contributed by atoms with Crippen molar-refractivity contribution in [2.24, 2.45) is 0 Å². The van der Waals surface area contributed by atoms with Crippen LogP contribution in [0.15, 0.2) is 52.5 Å². The number of rotatable bonds is 6. The summed E-state index contributed by atoms with van der Waals surface area (Å²) in [6.07, 6.45) is 7.48. The normalized spacial score (nSPS) is 14.6. The lowest BCUT2D eigenvalue weighted by Gasteiger charge is -2.33. The quantitative estimate of drug-likeness (QED) is 0.424. The molecule has 0 unspecified atom stereocenters. The fourth-order valence-corrected chi connectivity index (χ4v) is 5.18. The van der Waals surface area contributed by atoms with E-state index in [0.717, 1.165) is 18.4 Å². The van der Waals surface area contributed by atoms with Crippen LogP contribution in [0.5, 0.6) is 0 Å². The molecule has 6 nitrogen and oxygen atoms in total. The van der Waals surface area contributed by atoms with Crippen molar-refractivity contribution in [3.05, 3.63) is 58.5 Å². The molecule has 2 aromatic heterocycles. The van der Waals surface area contributed by atoms with Gasteiger partial charge in [-0.15, -0.1) is 0 Å². The molecule has 0 atom stereocenters. The second-order valence-electron chi connectivity index (χ2n) is 8.00. The number of carbonyl (C=O) groups is 1. The molecule has 0 aliphatic heterocycles. The van der Waals surface area contributed by atoms with Crippen molar-refractivity contribution in [3.8, 4) is 5.82 Å². The molecule has 1 amide bonds. The van der Waals surface area contributed by atoms with Gasteiger partial charge in [-0.25, -0.2) is 14.5 Å². The molecule has 7 heteroatoms. The Morgan fingerprint density at radius 3 is 2.71 bits per heavy atom. The fourth-order valence-electron chi connectivity index (χ4n) is 4.29. The molecule has 1 aromatic carbocycles. The number of amides is 1. The average molecular weight is 437 g/mol. The number of pyridine rings is 1. The Balaban J connectivity index is 1.67. The first-order valence-corrected chi connectivity index (χ1v) is 11.9. The highest BCUT2D eigenvalue weighted by Gasteiger charge is 2.25. The third-order valence-electron chi connectivity index (χ3n) is 5.88. The van der Waals surface area contributed by atoms with Crippen molar-refractivity contribution in [1.82, 2.24) is 19.4 Å². The van der Waals surface area contributed by atoms with Gasteiger partial charge < -0.3 is 4.90 Å². The van der Waals surface area contributed by atoms with E-state index in [2.05, 4.69) is 4.98 Å². The minimum absolute atomic E-state index is 0.102. The summed E-state index contributed by atoms with van der Waals surface area (Å²) in [5, 5.41) is 1.04. The second kappa shape index (κ2) is 9.64. The standard InChI is InChI=1S/C24H28N4O2S/c1-3-27(18-9-5-4-6-10-18)22(29)16-31-24-26-20-12-8-7-11-19(20)23(30)28(24)21-15-17(2)13-14-25-21/h7-8,11-15,18H,3-6,9-10,16H2,1-2H3.